The zero-order chi connectivity index (χ0) is 19.7. The Morgan fingerprint density at radius 1 is 1.36 bits per heavy atom. The largest absolute Gasteiger partial charge is 0.341 e. The summed E-state index contributed by atoms with van der Waals surface area (Å²) in [6.07, 6.45) is 4.58. The van der Waals surface area contributed by atoms with E-state index >= 15 is 0 Å². The van der Waals surface area contributed by atoms with Crippen molar-refractivity contribution < 1.29 is 9.18 Å². The molecule has 0 bridgehead atoms. The van der Waals surface area contributed by atoms with Crippen molar-refractivity contribution in [2.75, 3.05) is 12.0 Å². The van der Waals surface area contributed by atoms with Gasteiger partial charge in [-0.15, -0.1) is 21.5 Å². The van der Waals surface area contributed by atoms with Crippen LogP contribution < -0.4 is 5.32 Å². The molecule has 1 amide bonds. The first kappa shape index (κ1) is 19.2. The van der Waals surface area contributed by atoms with Crippen LogP contribution in [0.5, 0.6) is 0 Å². The molecule has 0 aliphatic carbocycles. The van der Waals surface area contributed by atoms with Crippen LogP contribution in [0.4, 0.5) is 4.39 Å². The molecule has 1 atom stereocenters. The molecule has 0 fully saturated rings. The van der Waals surface area contributed by atoms with Crippen molar-refractivity contribution in [3.8, 4) is 0 Å². The summed E-state index contributed by atoms with van der Waals surface area (Å²) in [7, 11) is 0. The van der Waals surface area contributed by atoms with Crippen molar-refractivity contribution in [3.05, 3.63) is 64.1 Å². The van der Waals surface area contributed by atoms with Crippen molar-refractivity contribution >= 4 is 56.3 Å². The van der Waals surface area contributed by atoms with Gasteiger partial charge >= 0.3 is 0 Å². The molecule has 9 heteroatoms. The van der Waals surface area contributed by atoms with Gasteiger partial charge in [-0.1, -0.05) is 17.7 Å². The third-order valence-electron chi connectivity index (χ3n) is 4.37. The van der Waals surface area contributed by atoms with Gasteiger partial charge in [0.25, 0.3) is 5.91 Å². The van der Waals surface area contributed by atoms with Gasteiger partial charge in [-0.2, -0.15) is 11.8 Å². The number of hydrogen-bond acceptors (Lipinski definition) is 5. The fourth-order valence-electron chi connectivity index (χ4n) is 3.01. The number of thiophene rings is 1. The number of pyridine rings is 1. The first-order chi connectivity index (χ1) is 13.6. The van der Waals surface area contributed by atoms with Crippen LogP contribution in [0, 0.1) is 5.82 Å². The van der Waals surface area contributed by atoms with Gasteiger partial charge in [-0.05, 0) is 48.8 Å². The number of rotatable bonds is 6. The fraction of sp³-hybridized carbons (Fsp3) is 0.211. The predicted molar refractivity (Wildman–Crippen MR) is 113 cm³/mol. The lowest BCUT2D eigenvalue weighted by molar-refractivity contribution is 0.0938. The van der Waals surface area contributed by atoms with Crippen LogP contribution in [0.15, 0.2) is 42.6 Å². The third-order valence-corrected chi connectivity index (χ3v) is 6.67. The maximum Gasteiger partial charge on any atom is 0.263 e. The molecule has 0 aliphatic rings. The van der Waals surface area contributed by atoms with Gasteiger partial charge in [0.1, 0.15) is 10.7 Å². The van der Waals surface area contributed by atoms with Gasteiger partial charge in [-0.3, -0.25) is 9.20 Å². The normalized spacial score (nSPS) is 12.5. The second-order valence-corrected chi connectivity index (χ2v) is 8.60. The van der Waals surface area contributed by atoms with Crippen LogP contribution >= 0.6 is 34.7 Å². The van der Waals surface area contributed by atoms with E-state index in [9.17, 15) is 9.18 Å². The molecule has 4 rings (SSSR count). The standard InChI is InChI=1S/C19H16ClFN4OS2/c1-27-9-7-13(18-24-23-15-4-2-3-8-25(15)18)22-19(26)17-16(20)12-6-5-11(21)10-14(12)28-17/h2-6,8,10,13H,7,9H2,1H3,(H,22,26). The lowest BCUT2D eigenvalue weighted by Gasteiger charge is -2.16. The monoisotopic (exact) mass is 434 g/mol. The Kier molecular flexibility index (Phi) is 5.52. The smallest absolute Gasteiger partial charge is 0.263 e. The predicted octanol–water partition coefficient (Wildman–Crippen LogP) is 4.96. The number of amides is 1. The van der Waals surface area contributed by atoms with Crippen molar-refractivity contribution in [3.63, 3.8) is 0 Å². The molecule has 1 unspecified atom stereocenters. The second-order valence-electron chi connectivity index (χ2n) is 6.18. The quantitative estimate of drug-likeness (QED) is 0.466. The molecule has 144 valence electrons. The molecule has 0 radical (unpaired) electrons. The molecule has 3 aromatic heterocycles. The Morgan fingerprint density at radius 3 is 3.04 bits per heavy atom. The van der Waals surface area contributed by atoms with Crippen LogP contribution in [0.2, 0.25) is 5.02 Å². The van der Waals surface area contributed by atoms with Gasteiger partial charge < -0.3 is 5.32 Å². The molecule has 0 aliphatic heterocycles. The number of carbonyl (C=O) groups excluding carboxylic acids is 1. The second kappa shape index (κ2) is 8.06. The van der Waals surface area contributed by atoms with E-state index in [1.165, 1.54) is 23.5 Å². The van der Waals surface area contributed by atoms with E-state index < -0.39 is 0 Å². The number of halogens is 2. The summed E-state index contributed by atoms with van der Waals surface area (Å²) in [5.41, 5.74) is 0.719. The van der Waals surface area contributed by atoms with Gasteiger partial charge in [0, 0.05) is 16.3 Å². The SMILES string of the molecule is CSCCC(NC(=O)c1sc2cc(F)ccc2c1Cl)c1nnc2ccccn12. The zero-order valence-corrected chi connectivity index (χ0v) is 17.2. The van der Waals surface area contributed by atoms with E-state index in [2.05, 4.69) is 15.5 Å². The lowest BCUT2D eigenvalue weighted by Crippen LogP contribution is -2.30. The maximum absolute atomic E-state index is 13.5. The molecule has 1 N–H and O–H groups in total. The third kappa shape index (κ3) is 3.59. The first-order valence-corrected chi connectivity index (χ1v) is 11.1. The summed E-state index contributed by atoms with van der Waals surface area (Å²) in [6, 6.07) is 9.64. The Morgan fingerprint density at radius 2 is 2.21 bits per heavy atom. The van der Waals surface area contributed by atoms with Gasteiger partial charge in [0.15, 0.2) is 11.5 Å². The number of nitrogens with zero attached hydrogens (tertiary/aromatic N) is 3. The van der Waals surface area contributed by atoms with E-state index in [0.29, 0.717) is 32.2 Å². The van der Waals surface area contributed by atoms with E-state index in [-0.39, 0.29) is 17.8 Å². The zero-order valence-electron chi connectivity index (χ0n) is 14.9. The van der Waals surface area contributed by atoms with Crippen LogP contribution in [0.25, 0.3) is 15.7 Å². The minimum atomic E-state index is -0.356. The van der Waals surface area contributed by atoms with E-state index in [0.717, 1.165) is 11.4 Å². The molecule has 0 saturated heterocycles. The Labute approximate surface area is 173 Å². The Balaban J connectivity index is 1.67. The average molecular weight is 435 g/mol. The lowest BCUT2D eigenvalue weighted by atomic mass is 10.2. The van der Waals surface area contributed by atoms with Crippen molar-refractivity contribution in [2.45, 2.75) is 12.5 Å². The first-order valence-electron chi connectivity index (χ1n) is 8.55. The molecule has 4 aromatic rings. The van der Waals surface area contributed by atoms with E-state index in [1.807, 2.05) is 35.1 Å². The van der Waals surface area contributed by atoms with Crippen molar-refractivity contribution in [1.29, 1.82) is 0 Å². The molecular weight excluding hydrogens is 419 g/mol. The number of fused-ring (bicyclic) bond motifs is 2. The highest BCUT2D eigenvalue weighted by molar-refractivity contribution is 7.98. The molecule has 1 aromatic carbocycles. The van der Waals surface area contributed by atoms with Gasteiger partial charge in [0.05, 0.1) is 11.1 Å². The minimum absolute atomic E-state index is 0.301. The highest BCUT2D eigenvalue weighted by Gasteiger charge is 2.24. The number of benzene rings is 1. The molecule has 0 saturated carbocycles. The fourth-order valence-corrected chi connectivity index (χ4v) is 4.92. The van der Waals surface area contributed by atoms with Crippen molar-refractivity contribution in [1.82, 2.24) is 19.9 Å². The Hall–Kier alpha value is -2.16. The van der Waals surface area contributed by atoms with Crippen LogP contribution in [0.3, 0.4) is 0 Å². The maximum atomic E-state index is 13.5. The topological polar surface area (TPSA) is 59.3 Å². The van der Waals surface area contributed by atoms with Crippen molar-refractivity contribution in [2.24, 2.45) is 0 Å². The molecule has 28 heavy (non-hydrogen) atoms. The summed E-state index contributed by atoms with van der Waals surface area (Å²) >= 11 is 9.27. The van der Waals surface area contributed by atoms with Gasteiger partial charge in [0.2, 0.25) is 0 Å². The number of hydrogen-bond donors (Lipinski definition) is 1. The highest BCUT2D eigenvalue weighted by Crippen LogP contribution is 2.36. The van der Waals surface area contributed by atoms with Gasteiger partial charge in [-0.25, -0.2) is 4.39 Å². The van der Waals surface area contributed by atoms with Crippen LogP contribution in [-0.4, -0.2) is 32.5 Å². The number of nitrogens with one attached hydrogen (secondary N) is 1. The summed E-state index contributed by atoms with van der Waals surface area (Å²) in [5.74, 6) is 0.856. The summed E-state index contributed by atoms with van der Waals surface area (Å²) in [6.45, 7) is 0. The molecule has 3 heterocycles. The van der Waals surface area contributed by atoms with E-state index in [4.69, 9.17) is 11.6 Å². The summed E-state index contributed by atoms with van der Waals surface area (Å²) < 4.78 is 16.0. The van der Waals surface area contributed by atoms with E-state index in [1.54, 1.807) is 17.8 Å². The Bertz CT molecular complexity index is 1160. The number of aromatic nitrogens is 3. The number of thioether (sulfide) groups is 1. The molecule has 5 nitrogen and oxygen atoms in total. The highest BCUT2D eigenvalue weighted by atomic mass is 35.5. The summed E-state index contributed by atoms with van der Waals surface area (Å²) in [4.78, 5) is 13.3. The summed E-state index contributed by atoms with van der Waals surface area (Å²) in [5, 5.41) is 12.5. The minimum Gasteiger partial charge on any atom is -0.341 e. The van der Waals surface area contributed by atoms with Crippen LogP contribution in [-0.2, 0) is 0 Å². The molecule has 0 spiro atoms. The van der Waals surface area contributed by atoms with Crippen LogP contribution in [0.1, 0.15) is 28.0 Å². The average Bonchev–Trinajstić information content (AvgIpc) is 3.26. The number of carbonyl (C=O) groups is 1. The molecular formula is C19H16ClFN4OS2.